The summed E-state index contributed by atoms with van der Waals surface area (Å²) in [6.07, 6.45) is 0. The van der Waals surface area contributed by atoms with Crippen LogP contribution in [0, 0.1) is 12.7 Å². The Balaban J connectivity index is 2.15. The molecule has 19 heavy (non-hydrogen) atoms. The molecule has 2 N–H and O–H groups in total. The van der Waals surface area contributed by atoms with Crippen molar-refractivity contribution in [3.63, 3.8) is 0 Å². The number of aromatic nitrogens is 1. The maximum Gasteiger partial charge on any atom is 0.347 e. The third-order valence-corrected chi connectivity index (χ3v) is 3.93. The maximum atomic E-state index is 13.5. The molecule has 0 spiro atoms. The van der Waals surface area contributed by atoms with Gasteiger partial charge in [-0.1, -0.05) is 29.0 Å². The first kappa shape index (κ1) is 13.8. The Morgan fingerprint density at radius 2 is 2.32 bits per heavy atom. The van der Waals surface area contributed by atoms with Gasteiger partial charge in [-0.25, -0.2) is 14.2 Å². The molecular formula is C12H10ClFN2O2S. The van der Waals surface area contributed by atoms with E-state index in [1.165, 1.54) is 12.1 Å². The lowest BCUT2D eigenvalue weighted by molar-refractivity contribution is 0.0701. The van der Waals surface area contributed by atoms with Crippen LogP contribution in [0.25, 0.3) is 0 Å². The van der Waals surface area contributed by atoms with E-state index in [4.69, 9.17) is 16.7 Å². The SMILES string of the molecule is Cc1nc(NCc2c(F)cccc2Cl)sc1C(=O)O. The molecule has 4 nitrogen and oxygen atoms in total. The minimum absolute atomic E-state index is 0.150. The van der Waals surface area contributed by atoms with Gasteiger partial charge in [0.1, 0.15) is 10.7 Å². The van der Waals surface area contributed by atoms with E-state index in [-0.39, 0.29) is 11.4 Å². The molecule has 2 aromatic rings. The van der Waals surface area contributed by atoms with Crippen molar-refractivity contribution in [1.82, 2.24) is 4.98 Å². The fraction of sp³-hybridized carbons (Fsp3) is 0.167. The number of thiazole rings is 1. The van der Waals surface area contributed by atoms with Crippen molar-refractivity contribution >= 4 is 34.0 Å². The van der Waals surface area contributed by atoms with Crippen molar-refractivity contribution in [1.29, 1.82) is 0 Å². The minimum Gasteiger partial charge on any atom is -0.477 e. The Labute approximate surface area is 117 Å². The largest absolute Gasteiger partial charge is 0.477 e. The normalized spacial score (nSPS) is 10.5. The highest BCUT2D eigenvalue weighted by molar-refractivity contribution is 7.17. The number of rotatable bonds is 4. The molecule has 0 fully saturated rings. The highest BCUT2D eigenvalue weighted by atomic mass is 35.5. The van der Waals surface area contributed by atoms with Crippen molar-refractivity contribution in [2.75, 3.05) is 5.32 Å². The van der Waals surface area contributed by atoms with Gasteiger partial charge in [-0.15, -0.1) is 0 Å². The zero-order valence-corrected chi connectivity index (χ0v) is 11.5. The monoisotopic (exact) mass is 300 g/mol. The molecule has 0 radical (unpaired) electrons. The summed E-state index contributed by atoms with van der Waals surface area (Å²) < 4.78 is 13.5. The number of carboxylic acid groups (broad SMARTS) is 1. The predicted molar refractivity (Wildman–Crippen MR) is 72.5 cm³/mol. The second kappa shape index (κ2) is 5.54. The molecule has 1 heterocycles. The number of hydrogen-bond donors (Lipinski definition) is 2. The fourth-order valence-electron chi connectivity index (χ4n) is 1.54. The van der Waals surface area contributed by atoms with Crippen LogP contribution in [0.5, 0.6) is 0 Å². The van der Waals surface area contributed by atoms with E-state index in [1.54, 1.807) is 13.0 Å². The van der Waals surface area contributed by atoms with E-state index >= 15 is 0 Å². The Bertz CT molecular complexity index is 610. The number of hydrogen-bond acceptors (Lipinski definition) is 4. The zero-order chi connectivity index (χ0) is 14.0. The molecule has 0 bridgehead atoms. The van der Waals surface area contributed by atoms with Crippen LogP contribution in [0.4, 0.5) is 9.52 Å². The van der Waals surface area contributed by atoms with Crippen molar-refractivity contribution in [2.24, 2.45) is 0 Å². The molecule has 0 aliphatic carbocycles. The van der Waals surface area contributed by atoms with E-state index in [2.05, 4.69) is 10.3 Å². The fourth-order valence-corrected chi connectivity index (χ4v) is 2.57. The summed E-state index contributed by atoms with van der Waals surface area (Å²) in [5.41, 5.74) is 0.758. The van der Waals surface area contributed by atoms with Gasteiger partial charge in [0.2, 0.25) is 0 Å². The van der Waals surface area contributed by atoms with Gasteiger partial charge < -0.3 is 10.4 Å². The molecule has 0 aliphatic heterocycles. The number of aryl methyl sites for hydroxylation is 1. The first-order valence-electron chi connectivity index (χ1n) is 5.36. The van der Waals surface area contributed by atoms with Crippen LogP contribution in [0.2, 0.25) is 5.02 Å². The van der Waals surface area contributed by atoms with Crippen molar-refractivity contribution in [3.8, 4) is 0 Å². The number of nitrogens with one attached hydrogen (secondary N) is 1. The number of benzene rings is 1. The van der Waals surface area contributed by atoms with Gasteiger partial charge in [0.25, 0.3) is 0 Å². The van der Waals surface area contributed by atoms with Gasteiger partial charge >= 0.3 is 5.97 Å². The second-order valence-corrected chi connectivity index (χ2v) is 5.20. The Kier molecular flexibility index (Phi) is 4.01. The van der Waals surface area contributed by atoms with Crippen LogP contribution >= 0.6 is 22.9 Å². The molecule has 0 aliphatic rings. The number of anilines is 1. The smallest absolute Gasteiger partial charge is 0.347 e. The zero-order valence-electron chi connectivity index (χ0n) is 9.91. The molecule has 0 saturated carbocycles. The summed E-state index contributed by atoms with van der Waals surface area (Å²) in [6.45, 7) is 1.76. The van der Waals surface area contributed by atoms with Gasteiger partial charge in [-0.05, 0) is 19.1 Å². The van der Waals surface area contributed by atoms with Crippen LogP contribution < -0.4 is 5.32 Å². The molecule has 100 valence electrons. The number of halogens is 2. The third kappa shape index (κ3) is 3.02. The van der Waals surface area contributed by atoms with E-state index in [0.29, 0.717) is 21.4 Å². The maximum absolute atomic E-state index is 13.5. The molecule has 7 heteroatoms. The summed E-state index contributed by atoms with van der Waals surface area (Å²) in [5.74, 6) is -1.43. The van der Waals surface area contributed by atoms with Crippen LogP contribution in [0.3, 0.4) is 0 Å². The van der Waals surface area contributed by atoms with Gasteiger partial charge in [-0.2, -0.15) is 0 Å². The molecule has 0 amide bonds. The van der Waals surface area contributed by atoms with Gasteiger partial charge in [0.05, 0.1) is 5.69 Å². The number of carboxylic acids is 1. The molecule has 0 unspecified atom stereocenters. The Morgan fingerprint density at radius 1 is 1.58 bits per heavy atom. The number of aromatic carboxylic acids is 1. The average Bonchev–Trinajstić information content (AvgIpc) is 2.70. The molecule has 1 aromatic carbocycles. The lowest BCUT2D eigenvalue weighted by Gasteiger charge is -2.06. The topological polar surface area (TPSA) is 62.2 Å². The van der Waals surface area contributed by atoms with E-state index in [0.717, 1.165) is 11.3 Å². The summed E-state index contributed by atoms with van der Waals surface area (Å²) in [7, 11) is 0. The standard InChI is InChI=1S/C12H10ClFN2O2S/c1-6-10(11(17)18)19-12(16-6)15-5-7-8(13)3-2-4-9(7)14/h2-4H,5H2,1H3,(H,15,16)(H,17,18). The third-order valence-electron chi connectivity index (χ3n) is 2.47. The van der Waals surface area contributed by atoms with Crippen LogP contribution in [-0.2, 0) is 6.54 Å². The molecule has 0 atom stereocenters. The van der Waals surface area contributed by atoms with Crippen molar-refractivity contribution in [3.05, 3.63) is 45.2 Å². The van der Waals surface area contributed by atoms with E-state index < -0.39 is 11.8 Å². The second-order valence-electron chi connectivity index (χ2n) is 3.79. The Hall–Kier alpha value is -1.66. The lowest BCUT2D eigenvalue weighted by atomic mass is 10.2. The summed E-state index contributed by atoms with van der Waals surface area (Å²) in [4.78, 5) is 15.1. The summed E-state index contributed by atoms with van der Waals surface area (Å²) in [6, 6.07) is 4.44. The number of nitrogens with zero attached hydrogens (tertiary/aromatic N) is 1. The molecular weight excluding hydrogens is 291 g/mol. The Morgan fingerprint density at radius 3 is 2.89 bits per heavy atom. The van der Waals surface area contributed by atoms with E-state index in [9.17, 15) is 9.18 Å². The minimum atomic E-state index is -1.02. The quantitative estimate of drug-likeness (QED) is 0.906. The average molecular weight is 301 g/mol. The van der Waals surface area contributed by atoms with Gasteiger partial charge in [0.15, 0.2) is 5.13 Å². The molecule has 2 rings (SSSR count). The summed E-state index contributed by atoms with van der Waals surface area (Å²) >= 11 is 6.90. The van der Waals surface area contributed by atoms with Crippen molar-refractivity contribution < 1.29 is 14.3 Å². The van der Waals surface area contributed by atoms with Gasteiger partial charge in [0, 0.05) is 17.1 Å². The predicted octanol–water partition coefficient (Wildman–Crippen LogP) is 3.55. The van der Waals surface area contributed by atoms with E-state index in [1.807, 2.05) is 0 Å². The van der Waals surface area contributed by atoms with Crippen LogP contribution in [0.1, 0.15) is 20.9 Å². The first-order valence-corrected chi connectivity index (χ1v) is 6.56. The first-order chi connectivity index (χ1) is 8.99. The number of carbonyl (C=O) groups is 1. The molecule has 0 saturated heterocycles. The lowest BCUT2D eigenvalue weighted by Crippen LogP contribution is -2.02. The summed E-state index contributed by atoms with van der Waals surface area (Å²) in [5, 5.41) is 12.5. The van der Waals surface area contributed by atoms with Crippen LogP contribution in [0.15, 0.2) is 18.2 Å². The molecule has 1 aromatic heterocycles. The highest BCUT2D eigenvalue weighted by Crippen LogP contribution is 2.25. The van der Waals surface area contributed by atoms with Crippen molar-refractivity contribution in [2.45, 2.75) is 13.5 Å². The highest BCUT2D eigenvalue weighted by Gasteiger charge is 2.14. The van der Waals surface area contributed by atoms with Gasteiger partial charge in [-0.3, -0.25) is 0 Å². The van der Waals surface area contributed by atoms with Crippen LogP contribution in [-0.4, -0.2) is 16.1 Å².